The van der Waals surface area contributed by atoms with Gasteiger partial charge in [0.15, 0.2) is 0 Å². The van der Waals surface area contributed by atoms with Crippen LogP contribution >= 0.6 is 0 Å². The van der Waals surface area contributed by atoms with Crippen molar-refractivity contribution in [1.82, 2.24) is 10.6 Å². The molecule has 1 amide bonds. The smallest absolute Gasteiger partial charge is 0.237 e. The molecule has 0 aliphatic heterocycles. The van der Waals surface area contributed by atoms with Gasteiger partial charge in [0.1, 0.15) is 0 Å². The molecule has 0 fully saturated rings. The third-order valence-corrected chi connectivity index (χ3v) is 3.75. The number of unbranched alkanes of at least 4 members (excludes halogenated alkanes) is 1. The van der Waals surface area contributed by atoms with E-state index in [2.05, 4.69) is 38.3 Å². The second-order valence-electron chi connectivity index (χ2n) is 5.54. The molecule has 0 aromatic carbocycles. The van der Waals surface area contributed by atoms with E-state index in [1.165, 1.54) is 25.7 Å². The molecule has 19 heavy (non-hydrogen) atoms. The minimum absolute atomic E-state index is 0.0889. The molecule has 0 saturated heterocycles. The number of hydrogen-bond acceptors (Lipinski definition) is 2. The highest BCUT2D eigenvalue weighted by atomic mass is 16.2. The van der Waals surface area contributed by atoms with Gasteiger partial charge < -0.3 is 10.6 Å². The Morgan fingerprint density at radius 2 is 1.58 bits per heavy atom. The van der Waals surface area contributed by atoms with Crippen LogP contribution in [0.2, 0.25) is 0 Å². The molecule has 3 heteroatoms. The van der Waals surface area contributed by atoms with E-state index in [1.807, 2.05) is 6.92 Å². The van der Waals surface area contributed by atoms with Crippen LogP contribution in [0.15, 0.2) is 0 Å². The van der Waals surface area contributed by atoms with E-state index < -0.39 is 0 Å². The maximum atomic E-state index is 12.1. The topological polar surface area (TPSA) is 41.1 Å². The van der Waals surface area contributed by atoms with E-state index in [-0.39, 0.29) is 11.9 Å². The lowest BCUT2D eigenvalue weighted by Gasteiger charge is -2.24. The zero-order chi connectivity index (χ0) is 14.7. The first-order valence-corrected chi connectivity index (χ1v) is 8.15. The van der Waals surface area contributed by atoms with Crippen LogP contribution in [0.4, 0.5) is 0 Å². The molecule has 0 aromatic heterocycles. The number of rotatable bonds is 11. The predicted molar refractivity (Wildman–Crippen MR) is 83.3 cm³/mol. The summed E-state index contributed by atoms with van der Waals surface area (Å²) in [5, 5.41) is 6.61. The second kappa shape index (κ2) is 11.3. The van der Waals surface area contributed by atoms with E-state index in [0.29, 0.717) is 12.1 Å². The summed E-state index contributed by atoms with van der Waals surface area (Å²) in [5.41, 5.74) is 0. The van der Waals surface area contributed by atoms with Crippen molar-refractivity contribution >= 4 is 5.91 Å². The average molecular weight is 270 g/mol. The molecule has 0 aliphatic rings. The van der Waals surface area contributed by atoms with Crippen molar-refractivity contribution in [2.75, 3.05) is 0 Å². The first-order valence-electron chi connectivity index (χ1n) is 8.15. The number of hydrogen-bond donors (Lipinski definition) is 2. The highest BCUT2D eigenvalue weighted by Gasteiger charge is 2.18. The molecule has 0 aromatic rings. The number of carbonyl (C=O) groups excluding carboxylic acids is 1. The van der Waals surface area contributed by atoms with Crippen molar-refractivity contribution in [2.24, 2.45) is 0 Å². The summed E-state index contributed by atoms with van der Waals surface area (Å²) in [6.45, 7) is 10.6. The van der Waals surface area contributed by atoms with Gasteiger partial charge in [-0.15, -0.1) is 0 Å². The fraction of sp³-hybridized carbons (Fsp3) is 0.938. The Labute approximate surface area is 119 Å². The van der Waals surface area contributed by atoms with E-state index in [1.54, 1.807) is 0 Å². The molecule has 0 aliphatic carbocycles. The van der Waals surface area contributed by atoms with Gasteiger partial charge in [-0.1, -0.05) is 47.0 Å². The minimum Gasteiger partial charge on any atom is -0.352 e. The highest BCUT2D eigenvalue weighted by Crippen LogP contribution is 2.08. The van der Waals surface area contributed by atoms with Crippen LogP contribution in [0.3, 0.4) is 0 Å². The van der Waals surface area contributed by atoms with Crippen molar-refractivity contribution in [1.29, 1.82) is 0 Å². The van der Waals surface area contributed by atoms with Crippen molar-refractivity contribution in [3.63, 3.8) is 0 Å². The molecular formula is C16H34N2O. The molecule has 0 rings (SSSR count). The molecule has 0 radical (unpaired) electrons. The van der Waals surface area contributed by atoms with Crippen LogP contribution in [-0.4, -0.2) is 24.0 Å². The van der Waals surface area contributed by atoms with Crippen LogP contribution < -0.4 is 10.6 Å². The summed E-state index contributed by atoms with van der Waals surface area (Å²) in [6.07, 6.45) is 7.96. The van der Waals surface area contributed by atoms with Gasteiger partial charge in [0.25, 0.3) is 0 Å². The van der Waals surface area contributed by atoms with Gasteiger partial charge in [-0.3, -0.25) is 4.79 Å². The van der Waals surface area contributed by atoms with Crippen LogP contribution in [0, 0.1) is 0 Å². The maximum Gasteiger partial charge on any atom is 0.237 e. The van der Waals surface area contributed by atoms with Gasteiger partial charge in [0.05, 0.1) is 6.04 Å². The fourth-order valence-corrected chi connectivity index (χ4v) is 2.36. The molecule has 0 saturated carbocycles. The van der Waals surface area contributed by atoms with Gasteiger partial charge >= 0.3 is 0 Å². The number of nitrogens with one attached hydrogen (secondary N) is 2. The Balaban J connectivity index is 4.21. The third-order valence-electron chi connectivity index (χ3n) is 3.75. The van der Waals surface area contributed by atoms with Crippen LogP contribution in [0.25, 0.3) is 0 Å². The summed E-state index contributed by atoms with van der Waals surface area (Å²) in [7, 11) is 0. The summed E-state index contributed by atoms with van der Waals surface area (Å²) < 4.78 is 0. The molecule has 0 spiro atoms. The molecule has 2 atom stereocenters. The van der Waals surface area contributed by atoms with Crippen LogP contribution in [0.1, 0.15) is 79.6 Å². The Kier molecular flexibility index (Phi) is 10.9. The largest absolute Gasteiger partial charge is 0.352 e. The van der Waals surface area contributed by atoms with Crippen molar-refractivity contribution < 1.29 is 4.79 Å². The molecule has 114 valence electrons. The maximum absolute atomic E-state index is 12.1. The zero-order valence-corrected chi connectivity index (χ0v) is 13.6. The van der Waals surface area contributed by atoms with Crippen molar-refractivity contribution in [2.45, 2.75) is 97.7 Å². The van der Waals surface area contributed by atoms with Gasteiger partial charge in [0.2, 0.25) is 5.91 Å². The summed E-state index contributed by atoms with van der Waals surface area (Å²) in [6, 6.07) is 0.707. The number of amides is 1. The molecule has 3 nitrogen and oxygen atoms in total. The molecular weight excluding hydrogens is 236 g/mol. The average Bonchev–Trinajstić information content (AvgIpc) is 2.41. The summed E-state index contributed by atoms with van der Waals surface area (Å²) >= 11 is 0. The monoisotopic (exact) mass is 270 g/mol. The van der Waals surface area contributed by atoms with Gasteiger partial charge in [-0.05, 0) is 32.6 Å². The van der Waals surface area contributed by atoms with E-state index in [0.717, 1.165) is 19.3 Å². The lowest BCUT2D eigenvalue weighted by atomic mass is 10.0. The van der Waals surface area contributed by atoms with Crippen LogP contribution in [-0.2, 0) is 4.79 Å². The lowest BCUT2D eigenvalue weighted by Crippen LogP contribution is -2.49. The normalized spacial score (nSPS) is 14.4. The molecule has 0 heterocycles. The highest BCUT2D eigenvalue weighted by molar-refractivity contribution is 5.81. The standard InChI is InChI=1S/C16H34N2O/c1-6-10-12-15(11-7-2)17-13(5)16(19)18-14(8-3)9-4/h13-15,17H,6-12H2,1-5H3,(H,18,19). The van der Waals surface area contributed by atoms with Crippen molar-refractivity contribution in [3.05, 3.63) is 0 Å². The van der Waals surface area contributed by atoms with Crippen LogP contribution in [0.5, 0.6) is 0 Å². The van der Waals surface area contributed by atoms with Gasteiger partial charge in [0, 0.05) is 12.1 Å². The quantitative estimate of drug-likeness (QED) is 0.602. The van der Waals surface area contributed by atoms with Gasteiger partial charge in [-0.25, -0.2) is 0 Å². The Morgan fingerprint density at radius 1 is 0.947 bits per heavy atom. The van der Waals surface area contributed by atoms with Crippen molar-refractivity contribution in [3.8, 4) is 0 Å². The van der Waals surface area contributed by atoms with E-state index in [9.17, 15) is 4.79 Å². The second-order valence-corrected chi connectivity index (χ2v) is 5.54. The van der Waals surface area contributed by atoms with E-state index in [4.69, 9.17) is 0 Å². The first kappa shape index (κ1) is 18.4. The van der Waals surface area contributed by atoms with E-state index >= 15 is 0 Å². The molecule has 2 N–H and O–H groups in total. The summed E-state index contributed by atoms with van der Waals surface area (Å²) in [5.74, 6) is 0.145. The Morgan fingerprint density at radius 3 is 2.05 bits per heavy atom. The SMILES string of the molecule is CCCCC(CCC)NC(C)C(=O)NC(CC)CC. The Bertz CT molecular complexity index is 227. The minimum atomic E-state index is -0.0889. The fourth-order valence-electron chi connectivity index (χ4n) is 2.36. The zero-order valence-electron chi connectivity index (χ0n) is 13.6. The first-order chi connectivity index (χ1) is 9.08. The van der Waals surface area contributed by atoms with Gasteiger partial charge in [-0.2, -0.15) is 0 Å². The lowest BCUT2D eigenvalue weighted by molar-refractivity contribution is -0.123. The molecule has 0 bridgehead atoms. The summed E-state index contributed by atoms with van der Waals surface area (Å²) in [4.78, 5) is 12.1. The third kappa shape index (κ3) is 8.25. The predicted octanol–water partition coefficient (Wildman–Crippen LogP) is 3.63. The molecule has 2 unspecified atom stereocenters. The number of carbonyl (C=O) groups is 1. The Hall–Kier alpha value is -0.570.